The van der Waals surface area contributed by atoms with Crippen molar-refractivity contribution < 1.29 is 9.53 Å². The Hall–Kier alpha value is -1.71. The molecule has 2 aliphatic heterocycles. The molecule has 1 saturated heterocycles. The molecule has 1 amide bonds. The van der Waals surface area contributed by atoms with Crippen LogP contribution in [-0.4, -0.2) is 43.8 Å². The normalized spacial score (nSPS) is 18.1. The van der Waals surface area contributed by atoms with Crippen LogP contribution in [0.3, 0.4) is 0 Å². The molecule has 0 aliphatic carbocycles. The van der Waals surface area contributed by atoms with E-state index in [0.29, 0.717) is 12.5 Å². The molecule has 2 aliphatic rings. The molecule has 4 nitrogen and oxygen atoms in total. The van der Waals surface area contributed by atoms with E-state index in [-0.39, 0.29) is 6.09 Å². The van der Waals surface area contributed by atoms with Gasteiger partial charge in [0.25, 0.3) is 0 Å². The number of fused-ring (bicyclic) bond motifs is 1. The van der Waals surface area contributed by atoms with E-state index < -0.39 is 0 Å². The van der Waals surface area contributed by atoms with Crippen molar-refractivity contribution in [1.29, 1.82) is 0 Å². The second-order valence-corrected chi connectivity index (χ2v) is 6.23. The second-order valence-electron chi connectivity index (χ2n) is 6.23. The van der Waals surface area contributed by atoms with E-state index in [1.54, 1.807) is 4.90 Å². The van der Waals surface area contributed by atoms with Gasteiger partial charge in [0.2, 0.25) is 0 Å². The molecule has 0 saturated carbocycles. The molecule has 1 aromatic rings. The van der Waals surface area contributed by atoms with E-state index in [2.05, 4.69) is 36.9 Å². The van der Waals surface area contributed by atoms with Crippen molar-refractivity contribution in [1.82, 2.24) is 4.90 Å². The number of anilines is 1. The van der Waals surface area contributed by atoms with E-state index in [0.717, 1.165) is 32.6 Å². The molecule has 0 aromatic heterocycles. The summed E-state index contributed by atoms with van der Waals surface area (Å²) < 4.78 is 4.99. The summed E-state index contributed by atoms with van der Waals surface area (Å²) in [5, 5.41) is 0. The van der Waals surface area contributed by atoms with E-state index in [1.165, 1.54) is 23.2 Å². The average molecular weight is 288 g/mol. The van der Waals surface area contributed by atoms with Crippen LogP contribution in [0.4, 0.5) is 10.5 Å². The van der Waals surface area contributed by atoms with Crippen LogP contribution in [-0.2, 0) is 11.2 Å². The molecule has 1 aromatic carbocycles. The van der Waals surface area contributed by atoms with Gasteiger partial charge in [-0.2, -0.15) is 0 Å². The summed E-state index contributed by atoms with van der Waals surface area (Å²) in [6.07, 6.45) is 2.19. The first-order valence-corrected chi connectivity index (χ1v) is 7.94. The largest absolute Gasteiger partial charge is 0.448 e. The molecular formula is C17H24N2O2. The van der Waals surface area contributed by atoms with Gasteiger partial charge < -0.3 is 14.5 Å². The molecule has 3 rings (SSSR count). The number of cyclic esters (lactones) is 1. The van der Waals surface area contributed by atoms with Gasteiger partial charge in [-0.05, 0) is 36.0 Å². The Labute approximate surface area is 126 Å². The summed E-state index contributed by atoms with van der Waals surface area (Å²) in [4.78, 5) is 15.7. The SMILES string of the molecule is CC(C)c1ccc2c(c1)CCCN2CCN1CCOC1=O. The first-order chi connectivity index (χ1) is 10.1. The Balaban J connectivity index is 1.70. The number of nitrogens with zero attached hydrogens (tertiary/aromatic N) is 2. The van der Waals surface area contributed by atoms with Crippen molar-refractivity contribution >= 4 is 11.8 Å². The molecule has 0 radical (unpaired) electrons. The minimum Gasteiger partial charge on any atom is -0.448 e. The zero-order valence-electron chi connectivity index (χ0n) is 13.0. The topological polar surface area (TPSA) is 32.8 Å². The van der Waals surface area contributed by atoms with E-state index in [4.69, 9.17) is 4.74 Å². The van der Waals surface area contributed by atoms with E-state index in [1.807, 2.05) is 0 Å². The molecule has 4 heteroatoms. The number of carbonyl (C=O) groups is 1. The fourth-order valence-corrected chi connectivity index (χ4v) is 3.16. The minimum atomic E-state index is -0.164. The number of rotatable bonds is 4. The highest BCUT2D eigenvalue weighted by atomic mass is 16.6. The molecule has 0 N–H and O–H groups in total. The van der Waals surface area contributed by atoms with Crippen molar-refractivity contribution in [3.8, 4) is 0 Å². The number of carbonyl (C=O) groups excluding carboxylic acids is 1. The first-order valence-electron chi connectivity index (χ1n) is 7.94. The van der Waals surface area contributed by atoms with Crippen molar-refractivity contribution in [3.05, 3.63) is 29.3 Å². The summed E-state index contributed by atoms with van der Waals surface area (Å²) in [6, 6.07) is 6.86. The maximum atomic E-state index is 11.5. The van der Waals surface area contributed by atoms with Crippen LogP contribution in [0.2, 0.25) is 0 Å². The van der Waals surface area contributed by atoms with Crippen LogP contribution in [0.15, 0.2) is 18.2 Å². The van der Waals surface area contributed by atoms with Gasteiger partial charge in [0, 0.05) is 25.3 Å². The number of amides is 1. The third kappa shape index (κ3) is 2.99. The Morgan fingerprint density at radius 3 is 2.71 bits per heavy atom. The standard InChI is InChI=1S/C17H24N2O2/c1-13(2)14-5-6-16-15(12-14)4-3-7-18(16)8-9-19-10-11-21-17(19)20/h5-6,12-13H,3-4,7-11H2,1-2H3. The smallest absolute Gasteiger partial charge is 0.409 e. The molecule has 0 spiro atoms. The molecule has 0 atom stereocenters. The van der Waals surface area contributed by atoms with Gasteiger partial charge >= 0.3 is 6.09 Å². The zero-order valence-corrected chi connectivity index (χ0v) is 13.0. The van der Waals surface area contributed by atoms with Crippen molar-refractivity contribution in [2.75, 3.05) is 37.7 Å². The number of benzene rings is 1. The zero-order chi connectivity index (χ0) is 14.8. The predicted octanol–water partition coefficient (Wildman–Crippen LogP) is 3.01. The monoisotopic (exact) mass is 288 g/mol. The maximum Gasteiger partial charge on any atom is 0.409 e. The number of ether oxygens (including phenoxy) is 1. The van der Waals surface area contributed by atoms with Gasteiger partial charge in [-0.1, -0.05) is 26.0 Å². The predicted molar refractivity (Wildman–Crippen MR) is 84.0 cm³/mol. The van der Waals surface area contributed by atoms with Crippen molar-refractivity contribution in [2.24, 2.45) is 0 Å². The van der Waals surface area contributed by atoms with Gasteiger partial charge in [-0.3, -0.25) is 0 Å². The fraction of sp³-hybridized carbons (Fsp3) is 0.588. The Morgan fingerprint density at radius 2 is 2.00 bits per heavy atom. The van der Waals surface area contributed by atoms with Gasteiger partial charge in [-0.25, -0.2) is 4.79 Å². The van der Waals surface area contributed by atoms with Gasteiger partial charge in [0.05, 0.1) is 6.54 Å². The molecule has 0 bridgehead atoms. The highest BCUT2D eigenvalue weighted by Gasteiger charge is 2.23. The molecule has 114 valence electrons. The van der Waals surface area contributed by atoms with Gasteiger partial charge in [0.1, 0.15) is 6.61 Å². The van der Waals surface area contributed by atoms with E-state index >= 15 is 0 Å². The van der Waals surface area contributed by atoms with Crippen LogP contribution in [0.25, 0.3) is 0 Å². The molecule has 0 unspecified atom stereocenters. The van der Waals surface area contributed by atoms with E-state index in [9.17, 15) is 4.79 Å². The maximum absolute atomic E-state index is 11.5. The number of aryl methyl sites for hydroxylation is 1. The third-order valence-electron chi connectivity index (χ3n) is 4.47. The molecule has 2 heterocycles. The Kier molecular flexibility index (Phi) is 4.04. The average Bonchev–Trinajstić information content (AvgIpc) is 2.89. The Bertz CT molecular complexity index is 528. The summed E-state index contributed by atoms with van der Waals surface area (Å²) in [6.45, 7) is 8.46. The van der Waals surface area contributed by atoms with Gasteiger partial charge in [-0.15, -0.1) is 0 Å². The summed E-state index contributed by atoms with van der Waals surface area (Å²) >= 11 is 0. The second kappa shape index (κ2) is 5.96. The van der Waals surface area contributed by atoms with Crippen molar-refractivity contribution in [2.45, 2.75) is 32.6 Å². The molecule has 21 heavy (non-hydrogen) atoms. The first kappa shape index (κ1) is 14.2. The number of hydrogen-bond donors (Lipinski definition) is 0. The van der Waals surface area contributed by atoms with Crippen LogP contribution >= 0.6 is 0 Å². The third-order valence-corrected chi connectivity index (χ3v) is 4.47. The molecular weight excluding hydrogens is 264 g/mol. The lowest BCUT2D eigenvalue weighted by molar-refractivity contribution is 0.159. The lowest BCUT2D eigenvalue weighted by atomic mass is 9.95. The lowest BCUT2D eigenvalue weighted by Crippen LogP contribution is -2.38. The van der Waals surface area contributed by atoms with Crippen molar-refractivity contribution in [3.63, 3.8) is 0 Å². The summed E-state index contributed by atoms with van der Waals surface area (Å²) in [5.41, 5.74) is 4.22. The van der Waals surface area contributed by atoms with Crippen LogP contribution in [0.1, 0.15) is 37.3 Å². The minimum absolute atomic E-state index is 0.164. The highest BCUT2D eigenvalue weighted by Crippen LogP contribution is 2.30. The fourth-order valence-electron chi connectivity index (χ4n) is 3.16. The number of hydrogen-bond acceptors (Lipinski definition) is 3. The van der Waals surface area contributed by atoms with Crippen LogP contribution in [0, 0.1) is 0 Å². The van der Waals surface area contributed by atoms with Crippen LogP contribution in [0.5, 0.6) is 0 Å². The molecule has 1 fully saturated rings. The lowest BCUT2D eigenvalue weighted by Gasteiger charge is -2.33. The summed E-state index contributed by atoms with van der Waals surface area (Å²) in [7, 11) is 0. The van der Waals surface area contributed by atoms with Crippen LogP contribution < -0.4 is 4.90 Å². The summed E-state index contributed by atoms with van der Waals surface area (Å²) in [5.74, 6) is 0.574. The highest BCUT2D eigenvalue weighted by molar-refractivity contribution is 5.69. The quantitative estimate of drug-likeness (QED) is 0.854. The Morgan fingerprint density at radius 1 is 1.19 bits per heavy atom. The van der Waals surface area contributed by atoms with Gasteiger partial charge in [0.15, 0.2) is 0 Å².